The van der Waals surface area contributed by atoms with E-state index in [9.17, 15) is 21.6 Å². The van der Waals surface area contributed by atoms with Crippen LogP contribution in [-0.2, 0) is 14.8 Å². The van der Waals surface area contributed by atoms with E-state index < -0.39 is 28.3 Å². The molecule has 0 aliphatic rings. The molecule has 0 saturated carbocycles. The van der Waals surface area contributed by atoms with Gasteiger partial charge in [-0.1, -0.05) is 60.2 Å². The summed E-state index contributed by atoms with van der Waals surface area (Å²) in [4.78, 5) is -0.246. The van der Waals surface area contributed by atoms with Crippen molar-refractivity contribution in [3.05, 3.63) is 71.8 Å². The van der Waals surface area contributed by atoms with E-state index in [1.54, 1.807) is 42.0 Å². The van der Waals surface area contributed by atoms with E-state index in [-0.39, 0.29) is 4.90 Å². The van der Waals surface area contributed by atoms with Crippen LogP contribution in [0.2, 0.25) is 0 Å². The van der Waals surface area contributed by atoms with Crippen molar-refractivity contribution >= 4 is 16.1 Å². The second kappa shape index (κ2) is 8.69. The summed E-state index contributed by atoms with van der Waals surface area (Å²) in [6.07, 6.45) is -3.75. The minimum atomic E-state index is -4.85. The van der Waals surface area contributed by atoms with Crippen LogP contribution in [0, 0.1) is 6.92 Å². The van der Waals surface area contributed by atoms with E-state index in [1.165, 1.54) is 36.4 Å². The lowest BCUT2D eigenvalue weighted by molar-refractivity contribution is -0.170. The van der Waals surface area contributed by atoms with Gasteiger partial charge in [0.05, 0.1) is 4.90 Å². The van der Waals surface area contributed by atoms with Gasteiger partial charge in [0, 0.05) is 7.11 Å². The number of hydrogen-bond donors (Lipinski definition) is 1. The van der Waals surface area contributed by atoms with Gasteiger partial charge in [0.15, 0.2) is 0 Å². The topological polar surface area (TPSA) is 55.4 Å². The molecule has 2 rings (SSSR count). The molecule has 0 fully saturated rings. The lowest BCUT2D eigenvalue weighted by Gasteiger charge is -2.26. The number of aryl methyl sites for hydroxylation is 1. The Bertz CT molecular complexity index is 863. The number of hydrogen-bond acceptors (Lipinski definition) is 3. The molecule has 2 atom stereocenters. The molecule has 0 heterocycles. The average Bonchev–Trinajstić information content (AvgIpc) is 2.61. The zero-order chi connectivity index (χ0) is 20.1. The molecule has 0 saturated heterocycles. The molecule has 27 heavy (non-hydrogen) atoms. The monoisotopic (exact) mass is 399 g/mol. The third-order valence-electron chi connectivity index (χ3n) is 3.84. The first-order valence-corrected chi connectivity index (χ1v) is 9.53. The first kappa shape index (κ1) is 21.1. The Kier molecular flexibility index (Phi) is 6.80. The van der Waals surface area contributed by atoms with Crippen LogP contribution in [0.5, 0.6) is 0 Å². The van der Waals surface area contributed by atoms with Crippen LogP contribution >= 0.6 is 0 Å². The van der Waals surface area contributed by atoms with Gasteiger partial charge in [0.25, 0.3) is 0 Å². The van der Waals surface area contributed by atoms with E-state index in [0.717, 1.165) is 12.7 Å². The smallest absolute Gasteiger partial charge is 0.375 e. The molecule has 0 aromatic heterocycles. The SMILES string of the molecule is CO[C@@H](/C=C/c1ccccc1)[C@@H](NS(=O)(=O)c1ccc(C)cc1)C(F)(F)F. The van der Waals surface area contributed by atoms with Gasteiger partial charge >= 0.3 is 6.18 Å². The average molecular weight is 399 g/mol. The molecule has 2 aromatic rings. The van der Waals surface area contributed by atoms with Crippen LogP contribution in [0.1, 0.15) is 11.1 Å². The normalized spacial score (nSPS) is 15.0. The van der Waals surface area contributed by atoms with Gasteiger partial charge in [0.2, 0.25) is 10.0 Å². The Labute approximate surface area is 156 Å². The highest BCUT2D eigenvalue weighted by molar-refractivity contribution is 7.89. The summed E-state index contributed by atoms with van der Waals surface area (Å²) in [5.41, 5.74) is 1.46. The minimum absolute atomic E-state index is 0.246. The Morgan fingerprint density at radius 2 is 1.63 bits per heavy atom. The maximum atomic E-state index is 13.6. The van der Waals surface area contributed by atoms with Gasteiger partial charge in [0.1, 0.15) is 12.1 Å². The fourth-order valence-corrected chi connectivity index (χ4v) is 3.60. The van der Waals surface area contributed by atoms with Crippen molar-refractivity contribution in [1.82, 2.24) is 4.72 Å². The number of nitrogens with one attached hydrogen (secondary N) is 1. The van der Waals surface area contributed by atoms with Crippen molar-refractivity contribution in [2.75, 3.05) is 7.11 Å². The van der Waals surface area contributed by atoms with Crippen molar-refractivity contribution in [1.29, 1.82) is 0 Å². The van der Waals surface area contributed by atoms with Gasteiger partial charge in [-0.25, -0.2) is 8.42 Å². The van der Waals surface area contributed by atoms with E-state index in [4.69, 9.17) is 4.74 Å². The van der Waals surface area contributed by atoms with Gasteiger partial charge in [-0.2, -0.15) is 17.9 Å². The second-order valence-corrected chi connectivity index (χ2v) is 7.64. The standard InChI is InChI=1S/C19H20F3NO3S/c1-14-8-11-16(12-9-14)27(24,25)23-18(19(20,21)22)17(26-2)13-10-15-6-4-3-5-7-15/h3-13,17-18,23H,1-2H3/b13-10+/t17-,18+/m0/s1. The lowest BCUT2D eigenvalue weighted by atomic mass is 10.1. The van der Waals surface area contributed by atoms with Crippen molar-refractivity contribution in [2.45, 2.75) is 30.1 Å². The number of sulfonamides is 1. The largest absolute Gasteiger partial charge is 0.407 e. The second-order valence-electron chi connectivity index (χ2n) is 5.92. The highest BCUT2D eigenvalue weighted by atomic mass is 32.2. The van der Waals surface area contributed by atoms with Crippen LogP contribution < -0.4 is 4.72 Å². The van der Waals surface area contributed by atoms with Gasteiger partial charge in [-0.05, 0) is 24.6 Å². The lowest BCUT2D eigenvalue weighted by Crippen LogP contribution is -2.52. The molecule has 0 bridgehead atoms. The van der Waals surface area contributed by atoms with Crippen LogP contribution in [0.25, 0.3) is 6.08 Å². The number of benzene rings is 2. The molecule has 0 amide bonds. The number of methoxy groups -OCH3 is 1. The summed E-state index contributed by atoms with van der Waals surface area (Å²) in [7, 11) is -3.29. The zero-order valence-electron chi connectivity index (χ0n) is 14.8. The maximum Gasteiger partial charge on any atom is 0.407 e. The Hall–Kier alpha value is -2.16. The third-order valence-corrected chi connectivity index (χ3v) is 5.30. The van der Waals surface area contributed by atoms with Gasteiger partial charge in [-0.15, -0.1) is 0 Å². The summed E-state index contributed by atoms with van der Waals surface area (Å²) in [5, 5.41) is 0. The molecule has 0 aliphatic carbocycles. The first-order chi connectivity index (χ1) is 12.6. The van der Waals surface area contributed by atoms with E-state index in [0.29, 0.717) is 5.56 Å². The Morgan fingerprint density at radius 3 is 2.15 bits per heavy atom. The highest BCUT2D eigenvalue weighted by Gasteiger charge is 2.46. The number of rotatable bonds is 7. The molecule has 0 aliphatic heterocycles. The fourth-order valence-electron chi connectivity index (χ4n) is 2.37. The summed E-state index contributed by atoms with van der Waals surface area (Å²) >= 11 is 0. The molecule has 8 heteroatoms. The summed E-state index contributed by atoms with van der Waals surface area (Å²) < 4.78 is 72.1. The summed E-state index contributed by atoms with van der Waals surface area (Å²) in [6, 6.07) is 11.8. The van der Waals surface area contributed by atoms with Gasteiger partial charge in [-0.3, -0.25) is 0 Å². The van der Waals surface area contributed by atoms with E-state index >= 15 is 0 Å². The quantitative estimate of drug-likeness (QED) is 0.768. The number of halogens is 3. The van der Waals surface area contributed by atoms with Gasteiger partial charge < -0.3 is 4.74 Å². The molecule has 4 nitrogen and oxygen atoms in total. The molecular formula is C19H20F3NO3S. The van der Waals surface area contributed by atoms with E-state index in [2.05, 4.69) is 0 Å². The molecule has 2 aromatic carbocycles. The third kappa shape index (κ3) is 5.92. The predicted molar refractivity (Wildman–Crippen MR) is 97.6 cm³/mol. The van der Waals surface area contributed by atoms with Crippen LogP contribution in [0.15, 0.2) is 65.6 Å². The van der Waals surface area contributed by atoms with Crippen molar-refractivity contribution < 1.29 is 26.3 Å². The summed E-state index contributed by atoms with van der Waals surface area (Å²) in [6.45, 7) is 1.75. The molecule has 1 N–H and O–H groups in total. The number of alkyl halides is 3. The van der Waals surface area contributed by atoms with Crippen molar-refractivity contribution in [3.8, 4) is 0 Å². The fraction of sp³-hybridized carbons (Fsp3) is 0.263. The molecule has 146 valence electrons. The predicted octanol–water partition coefficient (Wildman–Crippen LogP) is 3.93. The molecule has 0 spiro atoms. The van der Waals surface area contributed by atoms with Crippen LogP contribution in [0.4, 0.5) is 13.2 Å². The van der Waals surface area contributed by atoms with Crippen LogP contribution in [0.3, 0.4) is 0 Å². The highest BCUT2D eigenvalue weighted by Crippen LogP contribution is 2.27. The van der Waals surface area contributed by atoms with E-state index in [1.807, 2.05) is 0 Å². The maximum absolute atomic E-state index is 13.6. The zero-order valence-corrected chi connectivity index (χ0v) is 15.6. The first-order valence-electron chi connectivity index (χ1n) is 8.05. The van der Waals surface area contributed by atoms with Crippen LogP contribution in [-0.4, -0.2) is 33.8 Å². The molecule has 0 unspecified atom stereocenters. The Balaban J connectivity index is 2.30. The van der Waals surface area contributed by atoms with Crippen molar-refractivity contribution in [3.63, 3.8) is 0 Å². The van der Waals surface area contributed by atoms with Crippen molar-refractivity contribution in [2.24, 2.45) is 0 Å². The molecule has 0 radical (unpaired) electrons. The Morgan fingerprint density at radius 1 is 1.04 bits per heavy atom. The molecular weight excluding hydrogens is 379 g/mol. The minimum Gasteiger partial charge on any atom is -0.375 e. The summed E-state index contributed by atoms with van der Waals surface area (Å²) in [5.74, 6) is 0. The number of ether oxygens (including phenoxy) is 1.